The Morgan fingerprint density at radius 2 is 2.24 bits per heavy atom. The molecule has 0 aromatic heterocycles. The lowest BCUT2D eigenvalue weighted by Crippen LogP contribution is -2.56. The van der Waals surface area contributed by atoms with Gasteiger partial charge in [-0.15, -0.1) is 0 Å². The maximum Gasteiger partial charge on any atom is 0.237 e. The van der Waals surface area contributed by atoms with Crippen LogP contribution in [0.2, 0.25) is 0 Å². The van der Waals surface area contributed by atoms with Crippen LogP contribution in [0.1, 0.15) is 26.2 Å². The molecule has 100 valence electrons. The molecule has 1 atom stereocenters. The largest absolute Gasteiger partial charge is 0.383 e. The van der Waals surface area contributed by atoms with E-state index in [9.17, 15) is 4.79 Å². The van der Waals surface area contributed by atoms with Gasteiger partial charge in [0.1, 0.15) is 0 Å². The fourth-order valence-corrected chi connectivity index (χ4v) is 2.41. The minimum Gasteiger partial charge on any atom is -0.383 e. The van der Waals surface area contributed by atoms with Gasteiger partial charge in [-0.1, -0.05) is 6.92 Å². The number of hydrogen-bond acceptors (Lipinski definition) is 4. The number of amides is 1. The Kier molecular flexibility index (Phi) is 5.88. The van der Waals surface area contributed by atoms with Crippen LogP contribution in [-0.4, -0.2) is 56.2 Å². The summed E-state index contributed by atoms with van der Waals surface area (Å²) in [5.41, 5.74) is 5.04. The predicted molar refractivity (Wildman–Crippen MR) is 67.8 cm³/mol. The van der Waals surface area contributed by atoms with E-state index in [0.717, 1.165) is 38.9 Å². The summed E-state index contributed by atoms with van der Waals surface area (Å²) in [5.74, 6) is -0.230. The van der Waals surface area contributed by atoms with E-state index in [4.69, 9.17) is 10.5 Å². The van der Waals surface area contributed by atoms with E-state index < -0.39 is 5.54 Å². The molecule has 1 aliphatic heterocycles. The van der Waals surface area contributed by atoms with E-state index in [2.05, 4.69) is 17.1 Å². The summed E-state index contributed by atoms with van der Waals surface area (Å²) in [4.78, 5) is 14.1. The molecule has 0 aliphatic carbocycles. The number of methoxy groups -OCH3 is 1. The Morgan fingerprint density at radius 3 is 2.82 bits per heavy atom. The second kappa shape index (κ2) is 6.93. The summed E-state index contributed by atoms with van der Waals surface area (Å²) in [6.07, 6.45) is 2.62. The fourth-order valence-electron chi connectivity index (χ4n) is 2.41. The average Bonchev–Trinajstić information content (AvgIpc) is 2.53. The zero-order chi connectivity index (χ0) is 12.7. The maximum absolute atomic E-state index is 11.7. The first-order valence-corrected chi connectivity index (χ1v) is 6.41. The first-order valence-electron chi connectivity index (χ1n) is 6.41. The van der Waals surface area contributed by atoms with Crippen LogP contribution in [0, 0.1) is 0 Å². The highest BCUT2D eigenvalue weighted by Crippen LogP contribution is 2.22. The molecule has 0 radical (unpaired) electrons. The quantitative estimate of drug-likeness (QED) is 0.642. The van der Waals surface area contributed by atoms with E-state index in [1.165, 1.54) is 0 Å². The molecule has 1 fully saturated rings. The van der Waals surface area contributed by atoms with Crippen LogP contribution in [0.4, 0.5) is 0 Å². The summed E-state index contributed by atoms with van der Waals surface area (Å²) >= 11 is 0. The lowest BCUT2D eigenvalue weighted by molar-refractivity contribution is -0.125. The third kappa shape index (κ3) is 3.94. The molecule has 1 aliphatic rings. The molecule has 0 aromatic rings. The first kappa shape index (κ1) is 14.4. The highest BCUT2D eigenvalue weighted by Gasteiger charge is 2.37. The van der Waals surface area contributed by atoms with Gasteiger partial charge in [-0.25, -0.2) is 0 Å². The number of likely N-dealkylation sites (tertiary alicyclic amines) is 1. The minimum absolute atomic E-state index is 0.230. The number of carbonyl (C=O) groups excluding carboxylic acids is 1. The van der Waals surface area contributed by atoms with Crippen molar-refractivity contribution >= 4 is 5.91 Å². The highest BCUT2D eigenvalue weighted by atomic mass is 16.5. The number of nitrogens with zero attached hydrogens (tertiary/aromatic N) is 1. The van der Waals surface area contributed by atoms with Crippen LogP contribution in [0.25, 0.3) is 0 Å². The Balaban J connectivity index is 2.60. The molecular formula is C12H25N3O2. The number of nitrogens with one attached hydrogen (secondary N) is 1. The van der Waals surface area contributed by atoms with Crippen molar-refractivity contribution in [1.29, 1.82) is 0 Å². The van der Waals surface area contributed by atoms with Crippen molar-refractivity contribution in [3.63, 3.8) is 0 Å². The molecule has 3 N–H and O–H groups in total. The van der Waals surface area contributed by atoms with E-state index in [1.807, 2.05) is 0 Å². The van der Waals surface area contributed by atoms with Crippen molar-refractivity contribution in [3.05, 3.63) is 0 Å². The number of primary amides is 1. The number of nitrogens with two attached hydrogens (primary N) is 1. The fraction of sp³-hybridized carbons (Fsp3) is 0.917. The molecule has 1 unspecified atom stereocenters. The molecular weight excluding hydrogens is 218 g/mol. The standard InChI is InChI=1S/C12H25N3O2/c1-3-15-8-4-5-12(6-9-15,11(13)16)14-7-10-17-2/h14H,3-10H2,1-2H3,(H2,13,16). The molecule has 0 bridgehead atoms. The predicted octanol–water partition coefficient (Wildman–Crippen LogP) is -0.0477. The van der Waals surface area contributed by atoms with Crippen LogP contribution in [0.5, 0.6) is 0 Å². The zero-order valence-corrected chi connectivity index (χ0v) is 11.0. The van der Waals surface area contributed by atoms with Crippen LogP contribution in [0.15, 0.2) is 0 Å². The smallest absolute Gasteiger partial charge is 0.237 e. The summed E-state index contributed by atoms with van der Waals surface area (Å²) < 4.78 is 5.01. The van der Waals surface area contributed by atoms with Crippen LogP contribution in [0.3, 0.4) is 0 Å². The topological polar surface area (TPSA) is 67.6 Å². The van der Waals surface area contributed by atoms with Crippen molar-refractivity contribution in [3.8, 4) is 0 Å². The highest BCUT2D eigenvalue weighted by molar-refractivity contribution is 5.84. The lowest BCUT2D eigenvalue weighted by atomic mass is 9.89. The van der Waals surface area contributed by atoms with Crippen LogP contribution >= 0.6 is 0 Å². The Labute approximate surface area is 104 Å². The number of ether oxygens (including phenoxy) is 1. The van der Waals surface area contributed by atoms with Gasteiger partial charge in [-0.05, 0) is 32.4 Å². The number of carbonyl (C=O) groups is 1. The van der Waals surface area contributed by atoms with Gasteiger partial charge in [0.2, 0.25) is 5.91 Å². The lowest BCUT2D eigenvalue weighted by Gasteiger charge is -2.30. The average molecular weight is 243 g/mol. The molecule has 0 aromatic carbocycles. The number of hydrogen-bond donors (Lipinski definition) is 2. The Bertz CT molecular complexity index is 248. The first-order chi connectivity index (χ1) is 8.14. The van der Waals surface area contributed by atoms with Crippen molar-refractivity contribution < 1.29 is 9.53 Å². The van der Waals surface area contributed by atoms with Gasteiger partial charge in [-0.3, -0.25) is 4.79 Å². The zero-order valence-electron chi connectivity index (χ0n) is 11.0. The molecule has 1 amide bonds. The summed E-state index contributed by atoms with van der Waals surface area (Å²) in [6.45, 7) is 6.44. The van der Waals surface area contributed by atoms with Gasteiger partial charge in [0.15, 0.2) is 0 Å². The Hall–Kier alpha value is -0.650. The molecule has 5 heteroatoms. The van der Waals surface area contributed by atoms with Gasteiger partial charge >= 0.3 is 0 Å². The van der Waals surface area contributed by atoms with Gasteiger partial charge in [0, 0.05) is 20.2 Å². The van der Waals surface area contributed by atoms with Gasteiger partial charge in [0.25, 0.3) is 0 Å². The third-order valence-corrected chi connectivity index (χ3v) is 3.62. The summed E-state index contributed by atoms with van der Waals surface area (Å²) in [7, 11) is 1.66. The molecule has 0 saturated carbocycles. The molecule has 1 rings (SSSR count). The SMILES string of the molecule is CCN1CCCC(NCCOC)(C(N)=O)CC1. The number of rotatable bonds is 6. The van der Waals surface area contributed by atoms with Crippen molar-refractivity contribution in [2.24, 2.45) is 5.73 Å². The van der Waals surface area contributed by atoms with Gasteiger partial charge < -0.3 is 20.7 Å². The van der Waals surface area contributed by atoms with Crippen LogP contribution in [-0.2, 0) is 9.53 Å². The Morgan fingerprint density at radius 1 is 1.47 bits per heavy atom. The molecule has 17 heavy (non-hydrogen) atoms. The van der Waals surface area contributed by atoms with E-state index in [0.29, 0.717) is 13.2 Å². The van der Waals surface area contributed by atoms with E-state index in [1.54, 1.807) is 7.11 Å². The molecule has 1 heterocycles. The minimum atomic E-state index is -0.539. The van der Waals surface area contributed by atoms with Gasteiger partial charge in [0.05, 0.1) is 12.1 Å². The van der Waals surface area contributed by atoms with Crippen molar-refractivity contribution in [2.45, 2.75) is 31.7 Å². The summed E-state index contributed by atoms with van der Waals surface area (Å²) in [6, 6.07) is 0. The van der Waals surface area contributed by atoms with Crippen molar-refractivity contribution in [1.82, 2.24) is 10.2 Å². The monoisotopic (exact) mass is 243 g/mol. The summed E-state index contributed by atoms with van der Waals surface area (Å²) in [5, 5.41) is 3.29. The molecule has 1 saturated heterocycles. The second-order valence-corrected chi connectivity index (χ2v) is 4.65. The van der Waals surface area contributed by atoms with Crippen molar-refractivity contribution in [2.75, 3.05) is 39.9 Å². The normalized spacial score (nSPS) is 26.7. The van der Waals surface area contributed by atoms with Crippen LogP contribution < -0.4 is 11.1 Å². The van der Waals surface area contributed by atoms with Gasteiger partial charge in [-0.2, -0.15) is 0 Å². The maximum atomic E-state index is 11.7. The second-order valence-electron chi connectivity index (χ2n) is 4.65. The van der Waals surface area contributed by atoms with E-state index >= 15 is 0 Å². The molecule has 5 nitrogen and oxygen atoms in total. The third-order valence-electron chi connectivity index (χ3n) is 3.62. The molecule has 0 spiro atoms. The van der Waals surface area contributed by atoms with E-state index in [-0.39, 0.29) is 5.91 Å².